The highest BCUT2D eigenvalue weighted by Gasteiger charge is 2.41. The molecule has 9 heteroatoms. The van der Waals surface area contributed by atoms with E-state index in [4.69, 9.17) is 9.47 Å². The van der Waals surface area contributed by atoms with Gasteiger partial charge in [0.15, 0.2) is 12.3 Å². The van der Waals surface area contributed by atoms with Crippen LogP contribution in [0.4, 0.5) is 0 Å². The van der Waals surface area contributed by atoms with Crippen molar-refractivity contribution in [3.63, 3.8) is 0 Å². The molecule has 0 radical (unpaired) electrons. The summed E-state index contributed by atoms with van der Waals surface area (Å²) in [7, 11) is -3.65. The number of rotatable bonds is 2. The van der Waals surface area contributed by atoms with E-state index in [1.54, 1.807) is 35.0 Å². The summed E-state index contributed by atoms with van der Waals surface area (Å²) in [5.74, 6) is 0. The zero-order valence-corrected chi connectivity index (χ0v) is 14.3. The second-order valence-electron chi connectivity index (χ2n) is 6.05. The fourth-order valence-electron chi connectivity index (χ4n) is 3.01. The lowest BCUT2D eigenvalue weighted by molar-refractivity contribution is -0.0179. The van der Waals surface area contributed by atoms with Crippen molar-refractivity contribution in [3.05, 3.63) is 52.4 Å². The lowest BCUT2D eigenvalue weighted by atomic mass is 10.2. The van der Waals surface area contributed by atoms with Gasteiger partial charge in [-0.25, -0.2) is 8.42 Å². The molecule has 0 saturated carbocycles. The first-order chi connectivity index (χ1) is 11.9. The Morgan fingerprint density at radius 1 is 1.20 bits per heavy atom. The molecule has 3 heterocycles. The van der Waals surface area contributed by atoms with Gasteiger partial charge >= 0.3 is 6.01 Å². The molecule has 2 aromatic rings. The molecule has 25 heavy (non-hydrogen) atoms. The third-order valence-corrected chi connectivity index (χ3v) is 6.20. The van der Waals surface area contributed by atoms with Crippen LogP contribution in [0.15, 0.2) is 46.2 Å². The van der Waals surface area contributed by atoms with Crippen molar-refractivity contribution in [3.8, 4) is 6.01 Å². The fourth-order valence-corrected chi connectivity index (χ4v) is 4.45. The average molecular weight is 363 g/mol. The van der Waals surface area contributed by atoms with Crippen LogP contribution in [-0.4, -0.2) is 48.1 Å². The van der Waals surface area contributed by atoms with Crippen molar-refractivity contribution < 1.29 is 17.9 Å². The van der Waals surface area contributed by atoms with Crippen LogP contribution < -0.4 is 10.3 Å². The smallest absolute Gasteiger partial charge is 0.302 e. The molecular weight excluding hydrogens is 346 g/mol. The lowest BCUT2D eigenvalue weighted by Crippen LogP contribution is -2.39. The van der Waals surface area contributed by atoms with Crippen LogP contribution in [0.2, 0.25) is 0 Å². The molecule has 2 atom stereocenters. The highest BCUT2D eigenvalue weighted by molar-refractivity contribution is 7.89. The number of ether oxygens (including phenoxy) is 2. The van der Waals surface area contributed by atoms with Gasteiger partial charge in [-0.3, -0.25) is 9.36 Å². The van der Waals surface area contributed by atoms with E-state index in [9.17, 15) is 13.2 Å². The van der Waals surface area contributed by atoms with E-state index in [0.717, 1.165) is 5.56 Å². The van der Waals surface area contributed by atoms with Crippen LogP contribution in [0, 0.1) is 6.92 Å². The van der Waals surface area contributed by atoms with E-state index in [1.165, 1.54) is 10.4 Å². The maximum absolute atomic E-state index is 12.9. The van der Waals surface area contributed by atoms with Crippen molar-refractivity contribution in [2.75, 3.05) is 19.7 Å². The number of hydrogen-bond acceptors (Lipinski definition) is 6. The minimum atomic E-state index is -3.65. The maximum Gasteiger partial charge on any atom is 0.302 e. The van der Waals surface area contributed by atoms with E-state index in [0.29, 0.717) is 0 Å². The third kappa shape index (κ3) is 2.84. The summed E-state index contributed by atoms with van der Waals surface area (Å²) in [5.41, 5.74) is 0.579. The standard InChI is InChI=1S/C16H17N3O5S/c1-11-2-4-12(5-3-11)25(21,22)18-8-9-23-15-13(10-18)24-16-17-14(20)6-7-19(15)16/h2-7,13,15H,8-10H2,1H3/t13-,15+/m1/s1. The van der Waals surface area contributed by atoms with Crippen molar-refractivity contribution in [2.24, 2.45) is 0 Å². The Balaban J connectivity index is 1.63. The molecule has 0 bridgehead atoms. The van der Waals surface area contributed by atoms with E-state index in [1.807, 2.05) is 6.92 Å². The third-order valence-electron chi connectivity index (χ3n) is 4.33. The predicted molar refractivity (Wildman–Crippen MR) is 87.8 cm³/mol. The molecule has 0 spiro atoms. The predicted octanol–water partition coefficient (Wildman–Crippen LogP) is 0.532. The summed E-state index contributed by atoms with van der Waals surface area (Å²) in [6.45, 7) is 2.48. The highest BCUT2D eigenvalue weighted by atomic mass is 32.2. The second kappa shape index (κ2) is 5.94. The fraction of sp³-hybridized carbons (Fsp3) is 0.375. The largest absolute Gasteiger partial charge is 0.455 e. The Morgan fingerprint density at radius 3 is 2.72 bits per heavy atom. The van der Waals surface area contributed by atoms with Crippen LogP contribution in [0.3, 0.4) is 0 Å². The lowest BCUT2D eigenvalue weighted by Gasteiger charge is -2.22. The summed E-state index contributed by atoms with van der Waals surface area (Å²) in [6, 6.07) is 8.20. The van der Waals surface area contributed by atoms with Gasteiger partial charge in [0.2, 0.25) is 10.0 Å². The van der Waals surface area contributed by atoms with Crippen LogP contribution in [0.25, 0.3) is 0 Å². The number of benzene rings is 1. The van der Waals surface area contributed by atoms with Gasteiger partial charge in [0.25, 0.3) is 5.56 Å². The summed E-state index contributed by atoms with van der Waals surface area (Å²) in [5, 5.41) is 0. The molecule has 132 valence electrons. The molecular formula is C16H17N3O5S. The first-order valence-electron chi connectivity index (χ1n) is 7.89. The van der Waals surface area contributed by atoms with E-state index in [-0.39, 0.29) is 30.6 Å². The topological polar surface area (TPSA) is 90.7 Å². The summed E-state index contributed by atoms with van der Waals surface area (Å²) in [6.07, 6.45) is 0.498. The van der Waals surface area contributed by atoms with Crippen molar-refractivity contribution in [2.45, 2.75) is 24.2 Å². The van der Waals surface area contributed by atoms with Gasteiger partial charge in [0.1, 0.15) is 0 Å². The number of sulfonamides is 1. The summed E-state index contributed by atoms with van der Waals surface area (Å²) >= 11 is 0. The Kier molecular flexibility index (Phi) is 3.86. The SMILES string of the molecule is Cc1ccc(S(=O)(=O)N2CCO[C@H]3[C@@H](C2)Oc2nc(=O)ccn23)cc1. The summed E-state index contributed by atoms with van der Waals surface area (Å²) < 4.78 is 40.2. The van der Waals surface area contributed by atoms with Gasteiger partial charge in [-0.05, 0) is 19.1 Å². The monoisotopic (exact) mass is 363 g/mol. The van der Waals surface area contributed by atoms with Crippen LogP contribution in [-0.2, 0) is 14.8 Å². The molecule has 0 N–H and O–H groups in total. The van der Waals surface area contributed by atoms with Crippen molar-refractivity contribution in [1.82, 2.24) is 13.9 Å². The molecule has 0 amide bonds. The zero-order chi connectivity index (χ0) is 17.6. The first-order valence-corrected chi connectivity index (χ1v) is 9.33. The number of hydrogen-bond donors (Lipinski definition) is 0. The maximum atomic E-state index is 12.9. The van der Waals surface area contributed by atoms with E-state index in [2.05, 4.69) is 4.98 Å². The molecule has 0 aliphatic carbocycles. The summed E-state index contributed by atoms with van der Waals surface area (Å²) in [4.78, 5) is 15.4. The molecule has 1 fully saturated rings. The Labute approximate surface area is 144 Å². The van der Waals surface area contributed by atoms with Gasteiger partial charge in [0, 0.05) is 18.8 Å². The average Bonchev–Trinajstić information content (AvgIpc) is 2.76. The normalized spacial score (nSPS) is 23.4. The highest BCUT2D eigenvalue weighted by Crippen LogP contribution is 2.32. The van der Waals surface area contributed by atoms with Gasteiger partial charge in [0.05, 0.1) is 18.0 Å². The van der Waals surface area contributed by atoms with Crippen LogP contribution in [0.5, 0.6) is 6.01 Å². The van der Waals surface area contributed by atoms with Gasteiger partial charge in [-0.1, -0.05) is 17.7 Å². The van der Waals surface area contributed by atoms with Crippen molar-refractivity contribution in [1.29, 1.82) is 0 Å². The quantitative estimate of drug-likeness (QED) is 0.773. The van der Waals surface area contributed by atoms with Crippen LogP contribution in [0.1, 0.15) is 11.8 Å². The molecule has 4 rings (SSSR count). The molecule has 1 aromatic carbocycles. The van der Waals surface area contributed by atoms with Gasteiger partial charge in [-0.2, -0.15) is 9.29 Å². The molecule has 2 aliphatic heterocycles. The second-order valence-corrected chi connectivity index (χ2v) is 7.99. The Hall–Kier alpha value is -2.23. The molecule has 2 aliphatic rings. The molecule has 8 nitrogen and oxygen atoms in total. The molecule has 1 aromatic heterocycles. The van der Waals surface area contributed by atoms with E-state index >= 15 is 0 Å². The number of nitrogens with zero attached hydrogens (tertiary/aromatic N) is 3. The Bertz CT molecular complexity index is 954. The molecule has 1 saturated heterocycles. The minimum Gasteiger partial charge on any atom is -0.455 e. The Morgan fingerprint density at radius 2 is 1.96 bits per heavy atom. The van der Waals surface area contributed by atoms with E-state index < -0.39 is 27.9 Å². The number of aromatic nitrogens is 2. The van der Waals surface area contributed by atoms with Crippen LogP contribution >= 0.6 is 0 Å². The van der Waals surface area contributed by atoms with Gasteiger partial charge < -0.3 is 9.47 Å². The number of fused-ring (bicyclic) bond motifs is 3. The minimum absolute atomic E-state index is 0.123. The first kappa shape index (κ1) is 16.2. The number of aryl methyl sites for hydroxylation is 1. The van der Waals surface area contributed by atoms with Gasteiger partial charge in [-0.15, -0.1) is 0 Å². The van der Waals surface area contributed by atoms with Crippen molar-refractivity contribution >= 4 is 10.0 Å². The zero-order valence-electron chi connectivity index (χ0n) is 13.5. The molecule has 0 unspecified atom stereocenters.